The van der Waals surface area contributed by atoms with Gasteiger partial charge in [0.25, 0.3) is 5.56 Å². The lowest BCUT2D eigenvalue weighted by molar-refractivity contribution is 0.224. The number of halogens is 1. The summed E-state index contributed by atoms with van der Waals surface area (Å²) in [6, 6.07) is 20.2. The van der Waals surface area contributed by atoms with Crippen LogP contribution in [0, 0.1) is 0 Å². The number of para-hydroxylation sites is 1. The molecule has 0 unspecified atom stereocenters. The van der Waals surface area contributed by atoms with E-state index in [4.69, 9.17) is 26.1 Å². The van der Waals surface area contributed by atoms with Gasteiger partial charge in [0.05, 0.1) is 34.9 Å². The summed E-state index contributed by atoms with van der Waals surface area (Å²) in [7, 11) is 0. The summed E-state index contributed by atoms with van der Waals surface area (Å²) < 4.78 is 12.9. The van der Waals surface area contributed by atoms with E-state index < -0.39 is 0 Å². The third kappa shape index (κ3) is 4.91. The lowest BCUT2D eigenvalue weighted by Crippen LogP contribution is -2.20. The molecule has 1 heterocycles. The number of hydrogen-bond donors (Lipinski definition) is 0. The summed E-state index contributed by atoms with van der Waals surface area (Å²) in [6.07, 6.45) is 1.51. The molecule has 0 atom stereocenters. The Morgan fingerprint density at radius 1 is 1.09 bits per heavy atom. The molecule has 0 fully saturated rings. The van der Waals surface area contributed by atoms with Gasteiger partial charge in [-0.3, -0.25) is 4.79 Å². The van der Waals surface area contributed by atoms with Crippen molar-refractivity contribution in [3.63, 3.8) is 0 Å². The van der Waals surface area contributed by atoms with E-state index in [1.807, 2.05) is 69.3 Å². The van der Waals surface area contributed by atoms with E-state index in [9.17, 15) is 4.79 Å². The molecule has 0 aliphatic rings. The molecule has 0 saturated carbocycles. The minimum absolute atomic E-state index is 0.0584. The number of rotatable bonds is 7. The standard InChI is InChI=1S/C26H24ClN3O3/c1-4-32-23-15-18(14-21(27)24(23)33-17(2)3)16-28-30-25(19-10-6-5-7-11-19)29-22-13-9-8-12-20(22)26(30)31/h5-17H,4H2,1-3H3. The molecule has 0 aliphatic carbocycles. The van der Waals surface area contributed by atoms with Crippen molar-refractivity contribution in [3.8, 4) is 22.9 Å². The number of aromatic nitrogens is 2. The van der Waals surface area contributed by atoms with E-state index in [2.05, 4.69) is 5.10 Å². The molecule has 3 aromatic carbocycles. The molecule has 1 aromatic heterocycles. The van der Waals surface area contributed by atoms with Crippen LogP contribution in [0.4, 0.5) is 0 Å². The highest BCUT2D eigenvalue weighted by Gasteiger charge is 2.15. The average Bonchev–Trinajstić information content (AvgIpc) is 2.81. The maximum atomic E-state index is 13.3. The first-order valence-electron chi connectivity index (χ1n) is 10.7. The molecular weight excluding hydrogens is 438 g/mol. The normalized spacial score (nSPS) is 11.4. The zero-order valence-corrected chi connectivity index (χ0v) is 19.4. The Hall–Kier alpha value is -3.64. The molecule has 0 N–H and O–H groups in total. The summed E-state index contributed by atoms with van der Waals surface area (Å²) >= 11 is 6.49. The van der Waals surface area contributed by atoms with Gasteiger partial charge in [-0.1, -0.05) is 54.1 Å². The second-order valence-corrected chi connectivity index (χ2v) is 8.02. The fourth-order valence-corrected chi connectivity index (χ4v) is 3.67. The quantitative estimate of drug-likeness (QED) is 0.327. The first-order chi connectivity index (χ1) is 16.0. The maximum absolute atomic E-state index is 13.3. The van der Waals surface area contributed by atoms with Gasteiger partial charge in [0.15, 0.2) is 17.3 Å². The van der Waals surface area contributed by atoms with Gasteiger partial charge >= 0.3 is 0 Å². The number of benzene rings is 3. The number of hydrogen-bond acceptors (Lipinski definition) is 5. The predicted molar refractivity (Wildman–Crippen MR) is 133 cm³/mol. The summed E-state index contributed by atoms with van der Waals surface area (Å²) in [6.45, 7) is 6.19. The van der Waals surface area contributed by atoms with Gasteiger partial charge in [0, 0.05) is 5.56 Å². The van der Waals surface area contributed by atoms with E-state index in [-0.39, 0.29) is 11.7 Å². The number of nitrogens with zero attached hydrogens (tertiary/aromatic N) is 3. The van der Waals surface area contributed by atoms with Crippen LogP contribution in [-0.4, -0.2) is 28.6 Å². The van der Waals surface area contributed by atoms with Crippen LogP contribution in [0.5, 0.6) is 11.5 Å². The van der Waals surface area contributed by atoms with Gasteiger partial charge in [0.1, 0.15) is 0 Å². The van der Waals surface area contributed by atoms with Crippen LogP contribution in [-0.2, 0) is 0 Å². The number of ether oxygens (including phenoxy) is 2. The third-order valence-corrected chi connectivity index (χ3v) is 5.07. The van der Waals surface area contributed by atoms with Crippen LogP contribution in [0.3, 0.4) is 0 Å². The molecule has 0 saturated heterocycles. The molecule has 0 radical (unpaired) electrons. The molecule has 33 heavy (non-hydrogen) atoms. The zero-order chi connectivity index (χ0) is 23.4. The van der Waals surface area contributed by atoms with E-state index in [0.29, 0.717) is 45.4 Å². The fraction of sp³-hybridized carbons (Fsp3) is 0.192. The van der Waals surface area contributed by atoms with Crippen LogP contribution in [0.1, 0.15) is 26.3 Å². The molecule has 6 nitrogen and oxygen atoms in total. The van der Waals surface area contributed by atoms with Gasteiger partial charge in [0.2, 0.25) is 0 Å². The van der Waals surface area contributed by atoms with E-state index >= 15 is 0 Å². The van der Waals surface area contributed by atoms with Gasteiger partial charge < -0.3 is 9.47 Å². The maximum Gasteiger partial charge on any atom is 0.282 e. The highest BCUT2D eigenvalue weighted by molar-refractivity contribution is 6.32. The molecule has 0 aliphatic heterocycles. The van der Waals surface area contributed by atoms with Crippen molar-refractivity contribution < 1.29 is 9.47 Å². The van der Waals surface area contributed by atoms with Crippen LogP contribution in [0.25, 0.3) is 22.3 Å². The van der Waals surface area contributed by atoms with Crippen LogP contribution in [0.15, 0.2) is 76.6 Å². The van der Waals surface area contributed by atoms with Crippen molar-refractivity contribution in [2.75, 3.05) is 6.61 Å². The molecule has 0 amide bonds. The highest BCUT2D eigenvalue weighted by Crippen LogP contribution is 2.37. The first-order valence-corrected chi connectivity index (χ1v) is 11.1. The Labute approximate surface area is 197 Å². The first kappa shape index (κ1) is 22.6. The Kier molecular flexibility index (Phi) is 6.75. The monoisotopic (exact) mass is 461 g/mol. The molecule has 4 rings (SSSR count). The molecule has 168 valence electrons. The zero-order valence-electron chi connectivity index (χ0n) is 18.7. The Morgan fingerprint density at radius 2 is 1.82 bits per heavy atom. The lowest BCUT2D eigenvalue weighted by Gasteiger charge is -2.16. The Bertz CT molecular complexity index is 1360. The summed E-state index contributed by atoms with van der Waals surface area (Å²) in [5, 5.41) is 5.39. The predicted octanol–water partition coefficient (Wildman–Crippen LogP) is 5.79. The minimum atomic E-state index is -0.258. The van der Waals surface area contributed by atoms with E-state index in [1.165, 1.54) is 4.68 Å². The van der Waals surface area contributed by atoms with E-state index in [1.54, 1.807) is 24.4 Å². The third-order valence-electron chi connectivity index (χ3n) is 4.79. The van der Waals surface area contributed by atoms with E-state index in [0.717, 1.165) is 5.56 Å². The van der Waals surface area contributed by atoms with Crippen molar-refractivity contribution >= 4 is 28.7 Å². The van der Waals surface area contributed by atoms with Crippen LogP contribution >= 0.6 is 11.6 Å². The minimum Gasteiger partial charge on any atom is -0.490 e. The smallest absolute Gasteiger partial charge is 0.282 e. The van der Waals surface area contributed by atoms with Gasteiger partial charge in [-0.05, 0) is 50.6 Å². The average molecular weight is 462 g/mol. The SMILES string of the molecule is CCOc1cc(C=Nn2c(-c3ccccc3)nc3ccccc3c2=O)cc(Cl)c1OC(C)C. The summed E-state index contributed by atoms with van der Waals surface area (Å²) in [5.41, 5.74) is 1.81. The van der Waals surface area contributed by atoms with Crippen molar-refractivity contribution in [2.24, 2.45) is 5.10 Å². The molecule has 4 aromatic rings. The molecule has 0 spiro atoms. The van der Waals surface area contributed by atoms with Crippen molar-refractivity contribution in [3.05, 3.63) is 87.7 Å². The van der Waals surface area contributed by atoms with Crippen molar-refractivity contribution in [2.45, 2.75) is 26.9 Å². The van der Waals surface area contributed by atoms with Crippen molar-refractivity contribution in [1.82, 2.24) is 9.66 Å². The fourth-order valence-electron chi connectivity index (χ4n) is 3.40. The Morgan fingerprint density at radius 3 is 2.55 bits per heavy atom. The largest absolute Gasteiger partial charge is 0.490 e. The van der Waals surface area contributed by atoms with Gasteiger partial charge in [-0.2, -0.15) is 9.78 Å². The lowest BCUT2D eigenvalue weighted by atomic mass is 10.2. The number of fused-ring (bicyclic) bond motifs is 1. The topological polar surface area (TPSA) is 65.7 Å². The highest BCUT2D eigenvalue weighted by atomic mass is 35.5. The summed E-state index contributed by atoms with van der Waals surface area (Å²) in [4.78, 5) is 18.0. The second kappa shape index (κ2) is 9.88. The molecular formula is C26H24ClN3O3. The van der Waals surface area contributed by atoms with Gasteiger partial charge in [-0.25, -0.2) is 4.98 Å². The van der Waals surface area contributed by atoms with Crippen LogP contribution < -0.4 is 15.0 Å². The van der Waals surface area contributed by atoms with Gasteiger partial charge in [-0.15, -0.1) is 0 Å². The Balaban J connectivity index is 1.84. The van der Waals surface area contributed by atoms with Crippen LogP contribution in [0.2, 0.25) is 5.02 Å². The second-order valence-electron chi connectivity index (χ2n) is 7.61. The molecule has 7 heteroatoms. The van der Waals surface area contributed by atoms with Crippen molar-refractivity contribution in [1.29, 1.82) is 0 Å². The molecule has 0 bridgehead atoms. The summed E-state index contributed by atoms with van der Waals surface area (Å²) in [5.74, 6) is 1.46.